The van der Waals surface area contributed by atoms with Crippen LogP contribution in [-0.2, 0) is 4.65 Å². The summed E-state index contributed by atoms with van der Waals surface area (Å²) in [7, 11) is 0.391. The number of hydrogen-bond donors (Lipinski definition) is 0. The molecule has 0 amide bonds. The minimum Gasteiger partial charge on any atom is -0.861 e. The molecule has 33 valence electrons. The van der Waals surface area contributed by atoms with Gasteiger partial charge in [-0.15, -0.1) is 6.58 Å². The van der Waals surface area contributed by atoms with Crippen LogP contribution in [0.3, 0.4) is 0 Å². The van der Waals surface area contributed by atoms with Gasteiger partial charge in [-0.3, -0.25) is 0 Å². The predicted octanol–water partition coefficient (Wildman–Crippen LogP) is -0.917. The van der Waals surface area contributed by atoms with E-state index in [1.807, 2.05) is 0 Å². The Hall–Kier alpha value is -0.275. The van der Waals surface area contributed by atoms with E-state index in [4.69, 9.17) is 0 Å². The van der Waals surface area contributed by atoms with Gasteiger partial charge in [-0.1, -0.05) is 6.08 Å². The van der Waals surface area contributed by atoms with Crippen molar-refractivity contribution >= 4 is 7.69 Å². The van der Waals surface area contributed by atoms with Crippen LogP contribution in [0.1, 0.15) is 0 Å². The molecule has 0 saturated heterocycles. The second-order valence-corrected chi connectivity index (χ2v) is 0.718. The van der Waals surface area contributed by atoms with E-state index < -0.39 is 0 Å². The van der Waals surface area contributed by atoms with Crippen molar-refractivity contribution in [3.05, 3.63) is 12.7 Å². The zero-order valence-corrected chi connectivity index (χ0v) is 3.39. The van der Waals surface area contributed by atoms with E-state index in [-0.39, 0.29) is 0 Å². The summed E-state index contributed by atoms with van der Waals surface area (Å²) in [6.07, 6.45) is 1.51. The van der Waals surface area contributed by atoms with Crippen LogP contribution in [0.15, 0.2) is 12.7 Å². The van der Waals surface area contributed by atoms with Gasteiger partial charge in [0, 0.05) is 6.61 Å². The van der Waals surface area contributed by atoms with Crippen molar-refractivity contribution in [2.75, 3.05) is 6.61 Å². The van der Waals surface area contributed by atoms with Crippen LogP contribution >= 0.6 is 0 Å². The minimum atomic E-state index is 0.309. The first-order valence-corrected chi connectivity index (χ1v) is 1.58. The van der Waals surface area contributed by atoms with Gasteiger partial charge in [0.05, 0.1) is 0 Å². The van der Waals surface area contributed by atoms with E-state index >= 15 is 0 Å². The van der Waals surface area contributed by atoms with E-state index in [0.29, 0.717) is 14.3 Å². The van der Waals surface area contributed by atoms with Crippen LogP contribution < -0.4 is 5.02 Å². The molecule has 0 aromatic carbocycles. The summed E-state index contributed by atoms with van der Waals surface area (Å²) in [6, 6.07) is 0. The molecule has 0 rings (SSSR count). The monoisotopic (exact) mass is 84.0 g/mol. The van der Waals surface area contributed by atoms with Gasteiger partial charge in [0.25, 0.3) is 0 Å². The smallest absolute Gasteiger partial charge is 0.163 e. The maximum atomic E-state index is 9.29. The molecule has 0 aromatic rings. The lowest BCUT2D eigenvalue weighted by Crippen LogP contribution is -2.14. The van der Waals surface area contributed by atoms with Crippen LogP contribution in [0.4, 0.5) is 0 Å². The van der Waals surface area contributed by atoms with Crippen LogP contribution in [0, 0.1) is 0 Å². The third kappa shape index (κ3) is 3.72. The molecule has 2 nitrogen and oxygen atoms in total. The van der Waals surface area contributed by atoms with Gasteiger partial charge in [0.15, 0.2) is 7.69 Å². The summed E-state index contributed by atoms with van der Waals surface area (Å²) in [6.45, 7) is 3.62. The third-order valence-electron chi connectivity index (χ3n) is 0.282. The summed E-state index contributed by atoms with van der Waals surface area (Å²) in [5.41, 5.74) is 0. The molecule has 0 bridgehead atoms. The lowest BCUT2D eigenvalue weighted by Gasteiger charge is -1.98. The van der Waals surface area contributed by atoms with E-state index in [1.54, 1.807) is 0 Å². The zero-order chi connectivity index (χ0) is 4.83. The highest BCUT2D eigenvalue weighted by Gasteiger charge is 1.63. The molecule has 0 unspecified atom stereocenters. The Balaban J connectivity index is 2.49. The molecule has 0 spiro atoms. The van der Waals surface area contributed by atoms with Crippen molar-refractivity contribution in [2.24, 2.45) is 0 Å². The zero-order valence-electron chi connectivity index (χ0n) is 3.39. The van der Waals surface area contributed by atoms with Crippen molar-refractivity contribution in [3.63, 3.8) is 0 Å². The van der Waals surface area contributed by atoms with E-state index in [9.17, 15) is 5.02 Å². The Morgan fingerprint density at radius 1 is 2.00 bits per heavy atom. The molecular formula is C3H5BO2-. The van der Waals surface area contributed by atoms with Gasteiger partial charge >= 0.3 is 0 Å². The Labute approximate surface area is 37.7 Å². The molecule has 0 atom stereocenters. The highest BCUT2D eigenvalue weighted by atomic mass is 16.5. The Bertz CT molecular complexity index is 37.8. The van der Waals surface area contributed by atoms with E-state index in [0.717, 1.165) is 0 Å². The first-order valence-electron chi connectivity index (χ1n) is 1.58. The van der Waals surface area contributed by atoms with Crippen molar-refractivity contribution in [1.29, 1.82) is 0 Å². The molecule has 0 aliphatic heterocycles. The summed E-state index contributed by atoms with van der Waals surface area (Å²) in [5.74, 6) is 0. The molecule has 3 heteroatoms. The second-order valence-electron chi connectivity index (χ2n) is 0.718. The first kappa shape index (κ1) is 5.72. The van der Waals surface area contributed by atoms with Gasteiger partial charge in [-0.25, -0.2) is 0 Å². The minimum absolute atomic E-state index is 0.309. The van der Waals surface area contributed by atoms with Crippen molar-refractivity contribution < 1.29 is 9.68 Å². The van der Waals surface area contributed by atoms with Crippen LogP contribution in [-0.4, -0.2) is 14.3 Å². The van der Waals surface area contributed by atoms with Gasteiger partial charge in [-0.2, -0.15) is 0 Å². The number of hydrogen-bond acceptors (Lipinski definition) is 2. The predicted molar refractivity (Wildman–Crippen MR) is 21.9 cm³/mol. The molecular weight excluding hydrogens is 78.8 g/mol. The average molecular weight is 83.9 g/mol. The van der Waals surface area contributed by atoms with Crippen LogP contribution in [0.25, 0.3) is 0 Å². The lowest BCUT2D eigenvalue weighted by molar-refractivity contribution is -0.205. The van der Waals surface area contributed by atoms with Gasteiger partial charge < -0.3 is 9.68 Å². The molecule has 0 aromatic heterocycles. The first-order chi connectivity index (χ1) is 2.91. The van der Waals surface area contributed by atoms with Crippen molar-refractivity contribution in [1.82, 2.24) is 0 Å². The van der Waals surface area contributed by atoms with Gasteiger partial charge in [0.1, 0.15) is 0 Å². The summed E-state index contributed by atoms with van der Waals surface area (Å²) < 4.78 is 4.18. The fourth-order valence-electron chi connectivity index (χ4n) is 0.107. The van der Waals surface area contributed by atoms with E-state index in [1.165, 1.54) is 6.08 Å². The molecule has 0 heterocycles. The van der Waals surface area contributed by atoms with Crippen LogP contribution in [0.5, 0.6) is 0 Å². The fraction of sp³-hybridized carbons (Fsp3) is 0.333. The SMILES string of the molecule is C=CCO[B][O-]. The highest BCUT2D eigenvalue weighted by Crippen LogP contribution is 1.62. The molecule has 0 aliphatic carbocycles. The molecule has 6 heavy (non-hydrogen) atoms. The maximum absolute atomic E-state index is 9.29. The maximum Gasteiger partial charge on any atom is 0.163 e. The molecule has 1 radical (unpaired) electrons. The Kier molecular flexibility index (Phi) is 4.51. The fourth-order valence-corrected chi connectivity index (χ4v) is 0.107. The van der Waals surface area contributed by atoms with Gasteiger partial charge in [0.2, 0.25) is 0 Å². The lowest BCUT2D eigenvalue weighted by atomic mass is 10.4. The van der Waals surface area contributed by atoms with E-state index in [2.05, 4.69) is 11.2 Å². The number of rotatable bonds is 3. The molecule has 0 fully saturated rings. The highest BCUT2D eigenvalue weighted by molar-refractivity contribution is 6.13. The van der Waals surface area contributed by atoms with Gasteiger partial charge in [-0.05, 0) is 0 Å². The normalized spacial score (nSPS) is 7.50. The summed E-state index contributed by atoms with van der Waals surface area (Å²) in [5, 5.41) is 9.29. The Morgan fingerprint density at radius 2 is 2.67 bits per heavy atom. The van der Waals surface area contributed by atoms with Crippen LogP contribution in [0.2, 0.25) is 0 Å². The van der Waals surface area contributed by atoms with Crippen molar-refractivity contribution in [2.45, 2.75) is 0 Å². The average Bonchev–Trinajstić information content (AvgIpc) is 1.61. The topological polar surface area (TPSA) is 32.3 Å². The third-order valence-corrected chi connectivity index (χ3v) is 0.282. The summed E-state index contributed by atoms with van der Waals surface area (Å²) >= 11 is 0. The molecule has 0 N–H and O–H groups in total. The Morgan fingerprint density at radius 3 is 2.83 bits per heavy atom. The quantitative estimate of drug-likeness (QED) is 0.251. The largest absolute Gasteiger partial charge is 0.861 e. The molecule has 0 saturated carbocycles. The molecule has 0 aliphatic rings. The summed E-state index contributed by atoms with van der Waals surface area (Å²) in [4.78, 5) is 0. The second kappa shape index (κ2) is 4.72. The van der Waals surface area contributed by atoms with Crippen molar-refractivity contribution in [3.8, 4) is 0 Å². The standard InChI is InChI=1S/C3H5BO2/c1-2-3-6-4-5/h2H,1,3H2/q-1.